The molecule has 4 aromatic rings. The molecule has 0 radical (unpaired) electrons. The highest BCUT2D eigenvalue weighted by Crippen LogP contribution is 2.22. The topological polar surface area (TPSA) is 51.2 Å². The van der Waals surface area contributed by atoms with E-state index in [1.54, 1.807) is 72.8 Å². The summed E-state index contributed by atoms with van der Waals surface area (Å²) in [4.78, 5) is 38.3. The van der Waals surface area contributed by atoms with E-state index in [2.05, 4.69) is 31.9 Å². The normalized spacial score (nSPS) is 10.6. The highest BCUT2D eigenvalue weighted by molar-refractivity contribution is 9.10. The Hall–Kier alpha value is -3.15. The van der Waals surface area contributed by atoms with Gasteiger partial charge in [0, 0.05) is 42.3 Å². The number of benzene rings is 4. The van der Waals surface area contributed by atoms with Gasteiger partial charge in [-0.3, -0.25) is 14.4 Å². The predicted molar refractivity (Wildman–Crippen MR) is 131 cm³/mol. The van der Waals surface area contributed by atoms with E-state index in [4.69, 9.17) is 0 Å². The third-order valence-corrected chi connectivity index (χ3v) is 6.44. The second-order valence-electron chi connectivity index (χ2n) is 7.10. The first-order valence-corrected chi connectivity index (χ1v) is 11.4. The molecule has 156 valence electrons. The molecule has 5 heteroatoms. The van der Waals surface area contributed by atoms with Crippen LogP contribution in [0.25, 0.3) is 0 Å². The molecular formula is C27H16Br2O3. The fourth-order valence-electron chi connectivity index (χ4n) is 3.31. The van der Waals surface area contributed by atoms with E-state index in [1.807, 2.05) is 24.3 Å². The summed E-state index contributed by atoms with van der Waals surface area (Å²) in [5.74, 6) is -0.414. The molecule has 0 unspecified atom stereocenters. The van der Waals surface area contributed by atoms with Crippen LogP contribution in [0.4, 0.5) is 0 Å². The molecular weight excluding hydrogens is 532 g/mol. The first kappa shape index (κ1) is 22.1. The van der Waals surface area contributed by atoms with Crippen molar-refractivity contribution in [3.05, 3.63) is 139 Å². The molecule has 0 saturated heterocycles. The number of rotatable bonds is 6. The van der Waals surface area contributed by atoms with Gasteiger partial charge < -0.3 is 0 Å². The molecule has 3 nitrogen and oxygen atoms in total. The summed E-state index contributed by atoms with van der Waals surface area (Å²) in [6.45, 7) is 0. The number of ketones is 3. The maximum atomic E-state index is 12.9. The van der Waals surface area contributed by atoms with Crippen molar-refractivity contribution in [1.82, 2.24) is 0 Å². The van der Waals surface area contributed by atoms with E-state index in [0.29, 0.717) is 33.4 Å². The summed E-state index contributed by atoms with van der Waals surface area (Å²) in [5, 5.41) is 0. The van der Waals surface area contributed by atoms with Gasteiger partial charge in [0.05, 0.1) is 0 Å². The predicted octanol–water partition coefficient (Wildman–Crippen LogP) is 6.90. The van der Waals surface area contributed by atoms with Crippen LogP contribution in [0.15, 0.2) is 106 Å². The van der Waals surface area contributed by atoms with Crippen LogP contribution in [0, 0.1) is 0 Å². The lowest BCUT2D eigenvalue weighted by Gasteiger charge is -2.07. The second kappa shape index (κ2) is 9.55. The van der Waals surface area contributed by atoms with Crippen LogP contribution in [0.5, 0.6) is 0 Å². The van der Waals surface area contributed by atoms with Crippen molar-refractivity contribution in [2.24, 2.45) is 0 Å². The van der Waals surface area contributed by atoms with E-state index < -0.39 is 0 Å². The van der Waals surface area contributed by atoms with Gasteiger partial charge in [0.15, 0.2) is 17.3 Å². The molecule has 0 spiro atoms. The highest BCUT2D eigenvalue weighted by Gasteiger charge is 2.16. The lowest BCUT2D eigenvalue weighted by Crippen LogP contribution is -2.06. The second-order valence-corrected chi connectivity index (χ2v) is 8.81. The molecule has 0 aliphatic heterocycles. The minimum Gasteiger partial charge on any atom is -0.289 e. The van der Waals surface area contributed by atoms with Crippen LogP contribution < -0.4 is 0 Å². The average molecular weight is 548 g/mol. The summed E-state index contributed by atoms with van der Waals surface area (Å²) in [6, 6.07) is 27.6. The molecule has 0 bridgehead atoms. The van der Waals surface area contributed by atoms with Crippen molar-refractivity contribution in [2.45, 2.75) is 0 Å². The summed E-state index contributed by atoms with van der Waals surface area (Å²) < 4.78 is 1.45. The van der Waals surface area contributed by atoms with Gasteiger partial charge in [0.1, 0.15) is 0 Å². The molecule has 4 aromatic carbocycles. The van der Waals surface area contributed by atoms with Crippen LogP contribution in [-0.2, 0) is 0 Å². The van der Waals surface area contributed by atoms with Gasteiger partial charge in [0.2, 0.25) is 0 Å². The minimum absolute atomic E-state index is 0.119. The zero-order chi connectivity index (χ0) is 22.7. The highest BCUT2D eigenvalue weighted by atomic mass is 79.9. The Bertz CT molecular complexity index is 1220. The van der Waals surface area contributed by atoms with Crippen molar-refractivity contribution in [3.8, 4) is 0 Å². The van der Waals surface area contributed by atoms with Gasteiger partial charge >= 0.3 is 0 Å². The summed E-state index contributed by atoms with van der Waals surface area (Å²) in [5.41, 5.74) is 3.08. The van der Waals surface area contributed by atoms with Gasteiger partial charge in [-0.25, -0.2) is 0 Å². The molecule has 0 fully saturated rings. The zero-order valence-corrected chi connectivity index (χ0v) is 19.9. The van der Waals surface area contributed by atoms with Crippen molar-refractivity contribution in [3.63, 3.8) is 0 Å². The van der Waals surface area contributed by atoms with E-state index in [0.717, 1.165) is 8.95 Å². The van der Waals surface area contributed by atoms with Crippen LogP contribution in [-0.4, -0.2) is 17.3 Å². The summed E-state index contributed by atoms with van der Waals surface area (Å²) in [7, 11) is 0. The van der Waals surface area contributed by atoms with Crippen LogP contribution in [0.2, 0.25) is 0 Å². The fraction of sp³-hybridized carbons (Fsp3) is 0. The summed E-state index contributed by atoms with van der Waals surface area (Å²) >= 11 is 6.79. The number of halogens is 2. The Morgan fingerprint density at radius 1 is 0.406 bits per heavy atom. The molecule has 0 aromatic heterocycles. The number of hydrogen-bond donors (Lipinski definition) is 0. The lowest BCUT2D eigenvalue weighted by atomic mass is 9.97. The maximum Gasteiger partial charge on any atom is 0.194 e. The van der Waals surface area contributed by atoms with Gasteiger partial charge in [-0.1, -0.05) is 105 Å². The Labute approximate surface area is 202 Å². The number of carbonyl (C=O) groups excluding carboxylic acids is 3. The number of hydrogen-bond acceptors (Lipinski definition) is 3. The van der Waals surface area contributed by atoms with Gasteiger partial charge in [-0.05, 0) is 24.3 Å². The van der Waals surface area contributed by atoms with E-state index >= 15 is 0 Å². The minimum atomic E-state index is -0.176. The van der Waals surface area contributed by atoms with Crippen molar-refractivity contribution in [2.75, 3.05) is 0 Å². The molecule has 0 amide bonds. The standard InChI is InChI=1S/C27H16Br2O3/c28-23-7-3-1-5-21(23)26(31)19-13-9-17(10-14-19)25(30)18-11-15-20(16-12-18)27(32)22-6-2-4-8-24(22)29/h1-16H. The number of carbonyl (C=O) groups is 3. The SMILES string of the molecule is O=C(c1ccc(C(=O)c2ccccc2Br)cc1)c1ccc(C(=O)c2ccccc2Br)cc1. The molecule has 0 atom stereocenters. The van der Waals surface area contributed by atoms with E-state index in [9.17, 15) is 14.4 Å². The Kier molecular flexibility index (Phi) is 6.58. The quantitative estimate of drug-likeness (QED) is 0.246. The van der Waals surface area contributed by atoms with Crippen LogP contribution >= 0.6 is 31.9 Å². The Morgan fingerprint density at radius 2 is 0.688 bits per heavy atom. The van der Waals surface area contributed by atoms with Crippen molar-refractivity contribution < 1.29 is 14.4 Å². The van der Waals surface area contributed by atoms with Crippen molar-refractivity contribution in [1.29, 1.82) is 0 Å². The third-order valence-electron chi connectivity index (χ3n) is 5.06. The molecule has 0 saturated carbocycles. The Balaban J connectivity index is 1.52. The summed E-state index contributed by atoms with van der Waals surface area (Å²) in [6.07, 6.45) is 0. The first-order chi connectivity index (χ1) is 15.5. The van der Waals surface area contributed by atoms with Crippen molar-refractivity contribution >= 4 is 49.2 Å². The molecule has 0 heterocycles. The molecule has 0 aliphatic carbocycles. The molecule has 0 N–H and O–H groups in total. The fourth-order valence-corrected chi connectivity index (χ4v) is 4.24. The Morgan fingerprint density at radius 3 is 1.00 bits per heavy atom. The van der Waals surface area contributed by atoms with Crippen LogP contribution in [0.3, 0.4) is 0 Å². The molecule has 32 heavy (non-hydrogen) atoms. The van der Waals surface area contributed by atoms with Crippen LogP contribution in [0.1, 0.15) is 47.8 Å². The monoisotopic (exact) mass is 546 g/mol. The average Bonchev–Trinajstić information content (AvgIpc) is 2.83. The lowest BCUT2D eigenvalue weighted by molar-refractivity contribution is 0.102. The van der Waals surface area contributed by atoms with E-state index in [1.165, 1.54) is 0 Å². The van der Waals surface area contributed by atoms with Gasteiger partial charge in [-0.2, -0.15) is 0 Å². The zero-order valence-electron chi connectivity index (χ0n) is 16.7. The smallest absolute Gasteiger partial charge is 0.194 e. The largest absolute Gasteiger partial charge is 0.289 e. The first-order valence-electron chi connectivity index (χ1n) is 9.79. The molecule has 0 aliphatic rings. The van der Waals surface area contributed by atoms with E-state index in [-0.39, 0.29) is 17.3 Å². The third kappa shape index (κ3) is 4.54. The van der Waals surface area contributed by atoms with Gasteiger partial charge in [-0.15, -0.1) is 0 Å². The van der Waals surface area contributed by atoms with Gasteiger partial charge in [0.25, 0.3) is 0 Å². The maximum absolute atomic E-state index is 12.9. The molecule has 4 rings (SSSR count).